The first-order valence-electron chi connectivity index (χ1n) is 8.50. The minimum atomic E-state index is -0.649. The smallest absolute Gasteiger partial charge is 0.355 e. The van der Waals surface area contributed by atoms with Crippen LogP contribution in [-0.2, 0) is 9.53 Å². The Morgan fingerprint density at radius 3 is 2.38 bits per heavy atom. The monoisotopic (exact) mass is 356 g/mol. The van der Waals surface area contributed by atoms with Crippen molar-refractivity contribution < 1.29 is 19.1 Å². The van der Waals surface area contributed by atoms with Crippen molar-refractivity contribution in [3.63, 3.8) is 0 Å². The van der Waals surface area contributed by atoms with Crippen LogP contribution in [0, 0.1) is 13.8 Å². The molecule has 6 nitrogen and oxygen atoms in total. The Labute approximate surface area is 152 Å². The third-order valence-electron chi connectivity index (χ3n) is 4.30. The number of benzene rings is 1. The summed E-state index contributed by atoms with van der Waals surface area (Å²) in [6.07, 6.45) is 0. The molecule has 1 atom stereocenters. The van der Waals surface area contributed by atoms with Crippen LogP contribution in [0.3, 0.4) is 0 Å². The van der Waals surface area contributed by atoms with Crippen molar-refractivity contribution in [2.75, 3.05) is 13.2 Å². The molecule has 1 heterocycles. The Balaban J connectivity index is 1.87. The quantitative estimate of drug-likeness (QED) is 0.590. The van der Waals surface area contributed by atoms with Gasteiger partial charge in [-0.1, -0.05) is 37.3 Å². The zero-order valence-electron chi connectivity index (χ0n) is 15.5. The SMILES string of the molecule is CC(=O)c1c(C)[nH]c(C(=O)OCC(=O)NC[C@H](C)c2ccccc2)c1C. The number of hydrogen-bond donors (Lipinski definition) is 2. The summed E-state index contributed by atoms with van der Waals surface area (Å²) < 4.78 is 5.06. The minimum Gasteiger partial charge on any atom is -0.451 e. The van der Waals surface area contributed by atoms with Gasteiger partial charge in [-0.3, -0.25) is 9.59 Å². The molecular formula is C20H24N2O4. The molecule has 1 aromatic heterocycles. The molecule has 1 aromatic carbocycles. The lowest BCUT2D eigenvalue weighted by Crippen LogP contribution is -2.31. The number of aromatic nitrogens is 1. The highest BCUT2D eigenvalue weighted by molar-refractivity contribution is 6.01. The molecule has 138 valence electrons. The summed E-state index contributed by atoms with van der Waals surface area (Å²) in [5, 5.41) is 2.76. The minimum absolute atomic E-state index is 0.122. The van der Waals surface area contributed by atoms with Crippen LogP contribution in [-0.4, -0.2) is 35.8 Å². The highest BCUT2D eigenvalue weighted by Gasteiger charge is 2.21. The van der Waals surface area contributed by atoms with Crippen LogP contribution >= 0.6 is 0 Å². The third-order valence-corrected chi connectivity index (χ3v) is 4.30. The number of Topliss-reactive ketones (excluding diaryl/α,β-unsaturated/α-hetero) is 1. The number of ether oxygens (including phenoxy) is 1. The first-order chi connectivity index (χ1) is 12.3. The van der Waals surface area contributed by atoms with Crippen molar-refractivity contribution in [1.82, 2.24) is 10.3 Å². The molecule has 0 unspecified atom stereocenters. The van der Waals surface area contributed by atoms with Gasteiger partial charge in [0.25, 0.3) is 5.91 Å². The van der Waals surface area contributed by atoms with Gasteiger partial charge in [-0.2, -0.15) is 0 Å². The molecule has 0 bridgehead atoms. The van der Waals surface area contributed by atoms with E-state index in [1.165, 1.54) is 6.92 Å². The first-order valence-corrected chi connectivity index (χ1v) is 8.50. The van der Waals surface area contributed by atoms with E-state index in [0.29, 0.717) is 23.4 Å². The highest BCUT2D eigenvalue weighted by Crippen LogP contribution is 2.19. The van der Waals surface area contributed by atoms with Gasteiger partial charge in [-0.25, -0.2) is 4.79 Å². The van der Waals surface area contributed by atoms with Crippen molar-refractivity contribution in [3.8, 4) is 0 Å². The summed E-state index contributed by atoms with van der Waals surface area (Å²) in [7, 11) is 0. The van der Waals surface area contributed by atoms with E-state index in [-0.39, 0.29) is 29.9 Å². The fraction of sp³-hybridized carbons (Fsp3) is 0.350. The Morgan fingerprint density at radius 2 is 1.81 bits per heavy atom. The van der Waals surface area contributed by atoms with Crippen LogP contribution in [0.4, 0.5) is 0 Å². The number of H-pyrrole nitrogens is 1. The van der Waals surface area contributed by atoms with Crippen molar-refractivity contribution in [1.29, 1.82) is 0 Å². The van der Waals surface area contributed by atoms with Crippen molar-refractivity contribution in [2.24, 2.45) is 0 Å². The summed E-state index contributed by atoms with van der Waals surface area (Å²) in [5.74, 6) is -0.983. The molecule has 0 fully saturated rings. The van der Waals surface area contributed by atoms with Crippen LogP contribution in [0.25, 0.3) is 0 Å². The summed E-state index contributed by atoms with van der Waals surface area (Å²) >= 11 is 0. The number of aromatic amines is 1. The summed E-state index contributed by atoms with van der Waals surface area (Å²) in [6.45, 7) is 6.94. The molecule has 1 amide bonds. The molecule has 0 saturated heterocycles. The zero-order chi connectivity index (χ0) is 19.3. The summed E-state index contributed by atoms with van der Waals surface area (Å²) in [6, 6.07) is 9.84. The zero-order valence-corrected chi connectivity index (χ0v) is 15.5. The maximum absolute atomic E-state index is 12.2. The van der Waals surface area contributed by atoms with E-state index in [2.05, 4.69) is 10.3 Å². The maximum Gasteiger partial charge on any atom is 0.355 e. The lowest BCUT2D eigenvalue weighted by atomic mass is 10.0. The average Bonchev–Trinajstić information content (AvgIpc) is 2.92. The second-order valence-corrected chi connectivity index (χ2v) is 6.37. The van der Waals surface area contributed by atoms with Gasteiger partial charge in [-0.15, -0.1) is 0 Å². The van der Waals surface area contributed by atoms with Crippen LogP contribution in [0.2, 0.25) is 0 Å². The van der Waals surface area contributed by atoms with E-state index in [9.17, 15) is 14.4 Å². The van der Waals surface area contributed by atoms with Gasteiger partial charge in [0, 0.05) is 17.8 Å². The molecule has 0 aliphatic carbocycles. The first kappa shape index (κ1) is 19.4. The number of nitrogens with one attached hydrogen (secondary N) is 2. The molecule has 2 aromatic rings. The van der Waals surface area contributed by atoms with Crippen LogP contribution in [0.15, 0.2) is 30.3 Å². The maximum atomic E-state index is 12.2. The van der Waals surface area contributed by atoms with Gasteiger partial charge in [0.2, 0.25) is 0 Å². The number of rotatable bonds is 7. The van der Waals surface area contributed by atoms with Gasteiger partial charge in [0.05, 0.1) is 0 Å². The van der Waals surface area contributed by atoms with Crippen molar-refractivity contribution in [3.05, 3.63) is 58.4 Å². The van der Waals surface area contributed by atoms with Crippen molar-refractivity contribution in [2.45, 2.75) is 33.6 Å². The normalized spacial score (nSPS) is 11.7. The second kappa shape index (κ2) is 8.47. The van der Waals surface area contributed by atoms with Gasteiger partial charge in [0.1, 0.15) is 5.69 Å². The largest absolute Gasteiger partial charge is 0.451 e. The number of carbonyl (C=O) groups is 3. The number of amides is 1. The Bertz CT molecular complexity index is 809. The second-order valence-electron chi connectivity index (χ2n) is 6.37. The predicted octanol–water partition coefficient (Wildman–Crippen LogP) is 2.91. The summed E-state index contributed by atoms with van der Waals surface area (Å²) in [4.78, 5) is 38.6. The Kier molecular flexibility index (Phi) is 6.33. The predicted molar refractivity (Wildman–Crippen MR) is 98.4 cm³/mol. The molecule has 2 rings (SSSR count). The Morgan fingerprint density at radius 1 is 1.15 bits per heavy atom. The van der Waals surface area contributed by atoms with Gasteiger partial charge >= 0.3 is 5.97 Å². The van der Waals surface area contributed by atoms with E-state index in [1.807, 2.05) is 37.3 Å². The number of esters is 1. The lowest BCUT2D eigenvalue weighted by Gasteiger charge is -2.13. The molecular weight excluding hydrogens is 332 g/mol. The number of hydrogen-bond acceptors (Lipinski definition) is 4. The molecule has 2 N–H and O–H groups in total. The number of carbonyl (C=O) groups excluding carboxylic acids is 3. The van der Waals surface area contributed by atoms with E-state index in [1.54, 1.807) is 13.8 Å². The lowest BCUT2D eigenvalue weighted by molar-refractivity contribution is -0.124. The van der Waals surface area contributed by atoms with Crippen LogP contribution in [0.5, 0.6) is 0 Å². The fourth-order valence-corrected chi connectivity index (χ4v) is 2.90. The summed E-state index contributed by atoms with van der Waals surface area (Å²) in [5.41, 5.74) is 2.97. The van der Waals surface area contributed by atoms with Crippen LogP contribution in [0.1, 0.15) is 57.4 Å². The third kappa shape index (κ3) is 4.59. The van der Waals surface area contributed by atoms with E-state index < -0.39 is 5.97 Å². The molecule has 0 spiro atoms. The molecule has 26 heavy (non-hydrogen) atoms. The molecule has 6 heteroatoms. The number of aryl methyl sites for hydroxylation is 1. The van der Waals surface area contributed by atoms with E-state index >= 15 is 0 Å². The van der Waals surface area contributed by atoms with Gasteiger partial charge < -0.3 is 15.0 Å². The van der Waals surface area contributed by atoms with E-state index in [4.69, 9.17) is 4.74 Å². The van der Waals surface area contributed by atoms with Gasteiger partial charge in [-0.05, 0) is 37.8 Å². The topological polar surface area (TPSA) is 88.3 Å². The highest BCUT2D eigenvalue weighted by atomic mass is 16.5. The molecule has 0 saturated carbocycles. The molecule has 0 aliphatic heterocycles. The standard InChI is InChI=1S/C20H24N2O4/c1-12(16-8-6-5-7-9-16)10-21-17(24)11-26-20(25)19-13(2)18(15(4)23)14(3)22-19/h5-9,12,22H,10-11H2,1-4H3,(H,21,24)/t12-/m0/s1. The average molecular weight is 356 g/mol. The fourth-order valence-electron chi connectivity index (χ4n) is 2.90. The van der Waals surface area contributed by atoms with Gasteiger partial charge in [0.15, 0.2) is 12.4 Å². The van der Waals surface area contributed by atoms with Crippen molar-refractivity contribution >= 4 is 17.7 Å². The van der Waals surface area contributed by atoms with Crippen LogP contribution < -0.4 is 5.32 Å². The van der Waals surface area contributed by atoms with E-state index in [0.717, 1.165) is 5.56 Å². The Hall–Kier alpha value is -2.89. The molecule has 0 radical (unpaired) electrons. The molecule has 0 aliphatic rings. The number of ketones is 1.